The molecule has 4 rings (SSSR count). The van der Waals surface area contributed by atoms with Gasteiger partial charge in [-0.1, -0.05) is 29.8 Å². The Labute approximate surface area is 177 Å². The van der Waals surface area contributed by atoms with Gasteiger partial charge in [-0.3, -0.25) is 18.5 Å². The normalized spacial score (nSPS) is 16.1. The van der Waals surface area contributed by atoms with Gasteiger partial charge in [0.25, 0.3) is 5.56 Å². The summed E-state index contributed by atoms with van der Waals surface area (Å²) in [6.45, 7) is 4.87. The summed E-state index contributed by atoms with van der Waals surface area (Å²) in [5, 5.41) is 6.81. The number of methoxy groups -OCH3 is 1. The highest BCUT2D eigenvalue weighted by atomic mass is 35.5. The van der Waals surface area contributed by atoms with Gasteiger partial charge in [-0.15, -0.1) is 0 Å². The second-order valence-corrected chi connectivity index (χ2v) is 7.72. The Morgan fingerprint density at radius 1 is 1.23 bits per heavy atom. The molecule has 0 unspecified atom stereocenters. The van der Waals surface area contributed by atoms with E-state index in [1.54, 1.807) is 31.3 Å². The van der Waals surface area contributed by atoms with E-state index < -0.39 is 11.2 Å². The quantitative estimate of drug-likeness (QED) is 0.618. The fraction of sp³-hybridized carbons (Fsp3) is 0.400. The molecule has 1 aromatic carbocycles. The highest BCUT2D eigenvalue weighted by Gasteiger charge is 2.30. The van der Waals surface area contributed by atoms with Crippen LogP contribution in [-0.4, -0.2) is 44.7 Å². The lowest BCUT2D eigenvalue weighted by Crippen LogP contribution is -2.40. The number of aromatic nitrogens is 4. The summed E-state index contributed by atoms with van der Waals surface area (Å²) >= 11 is 6.26. The van der Waals surface area contributed by atoms with Crippen molar-refractivity contribution in [2.75, 3.05) is 25.3 Å². The lowest BCUT2D eigenvalue weighted by Gasteiger charge is -2.29. The van der Waals surface area contributed by atoms with Crippen LogP contribution in [0, 0.1) is 0 Å². The number of hydrogen-bond acceptors (Lipinski definition) is 6. The molecule has 3 aromatic rings. The van der Waals surface area contributed by atoms with E-state index in [4.69, 9.17) is 16.3 Å². The minimum Gasteiger partial charge on any atom is -0.383 e. The SMILES string of the molecule is COCCN1N=C(C)[C@@H](C)n2c1nc1c2c(=O)n(Cc2ccccc2Cl)c(=O)n1C. The van der Waals surface area contributed by atoms with Crippen molar-refractivity contribution < 1.29 is 4.74 Å². The van der Waals surface area contributed by atoms with Crippen LogP contribution in [0.25, 0.3) is 11.2 Å². The summed E-state index contributed by atoms with van der Waals surface area (Å²) in [5.41, 5.74) is 1.38. The maximum atomic E-state index is 13.5. The summed E-state index contributed by atoms with van der Waals surface area (Å²) in [6.07, 6.45) is 0. The molecule has 10 heteroatoms. The number of imidazole rings is 1. The van der Waals surface area contributed by atoms with Gasteiger partial charge < -0.3 is 4.74 Å². The number of hydrazone groups is 1. The predicted molar refractivity (Wildman–Crippen MR) is 117 cm³/mol. The average molecular weight is 431 g/mol. The number of ether oxygens (including phenoxy) is 1. The van der Waals surface area contributed by atoms with Crippen LogP contribution in [0.15, 0.2) is 39.0 Å². The number of anilines is 1. The van der Waals surface area contributed by atoms with E-state index in [0.29, 0.717) is 40.8 Å². The van der Waals surface area contributed by atoms with E-state index in [1.807, 2.05) is 30.5 Å². The van der Waals surface area contributed by atoms with Crippen LogP contribution in [0.3, 0.4) is 0 Å². The Bertz CT molecular complexity index is 1270. The summed E-state index contributed by atoms with van der Waals surface area (Å²) in [4.78, 5) is 31.1. The molecular formula is C20H23ClN6O3. The summed E-state index contributed by atoms with van der Waals surface area (Å²) in [6, 6.07) is 6.99. The first-order valence-corrected chi connectivity index (χ1v) is 9.99. The molecule has 2 aromatic heterocycles. The van der Waals surface area contributed by atoms with E-state index in [9.17, 15) is 9.59 Å². The second kappa shape index (κ2) is 7.73. The Morgan fingerprint density at radius 3 is 2.67 bits per heavy atom. The molecular weight excluding hydrogens is 408 g/mol. The zero-order chi connectivity index (χ0) is 21.6. The van der Waals surface area contributed by atoms with Gasteiger partial charge in [0.15, 0.2) is 11.2 Å². The Kier molecular flexibility index (Phi) is 5.25. The number of halogens is 1. The lowest BCUT2D eigenvalue weighted by molar-refractivity contribution is 0.204. The Morgan fingerprint density at radius 2 is 1.97 bits per heavy atom. The first-order chi connectivity index (χ1) is 14.3. The van der Waals surface area contributed by atoms with Gasteiger partial charge in [0.2, 0.25) is 5.95 Å². The molecule has 0 spiro atoms. The molecule has 0 radical (unpaired) electrons. The monoisotopic (exact) mass is 430 g/mol. The molecule has 0 saturated carbocycles. The molecule has 0 aliphatic carbocycles. The fourth-order valence-electron chi connectivity index (χ4n) is 3.65. The van der Waals surface area contributed by atoms with Crippen molar-refractivity contribution in [1.82, 2.24) is 18.7 Å². The number of fused-ring (bicyclic) bond motifs is 3. The summed E-state index contributed by atoms with van der Waals surface area (Å²) in [5.74, 6) is 0.516. The van der Waals surface area contributed by atoms with E-state index in [2.05, 4.69) is 10.1 Å². The van der Waals surface area contributed by atoms with Crippen LogP contribution in [0.5, 0.6) is 0 Å². The van der Waals surface area contributed by atoms with E-state index in [0.717, 1.165) is 5.71 Å². The second-order valence-electron chi connectivity index (χ2n) is 7.31. The summed E-state index contributed by atoms with van der Waals surface area (Å²) in [7, 11) is 3.23. The average Bonchev–Trinajstić information content (AvgIpc) is 3.14. The van der Waals surface area contributed by atoms with E-state index >= 15 is 0 Å². The topological polar surface area (TPSA) is 86.7 Å². The molecule has 3 heterocycles. The van der Waals surface area contributed by atoms with Crippen molar-refractivity contribution in [2.24, 2.45) is 12.1 Å². The minimum absolute atomic E-state index is 0.0798. The maximum absolute atomic E-state index is 13.5. The van der Waals surface area contributed by atoms with Gasteiger partial charge in [-0.05, 0) is 25.5 Å². The van der Waals surface area contributed by atoms with Crippen molar-refractivity contribution >= 4 is 34.4 Å². The fourth-order valence-corrected chi connectivity index (χ4v) is 3.84. The molecule has 9 nitrogen and oxygen atoms in total. The third-order valence-electron chi connectivity index (χ3n) is 5.45. The molecule has 0 N–H and O–H groups in total. The van der Waals surface area contributed by atoms with Gasteiger partial charge in [-0.2, -0.15) is 10.1 Å². The molecule has 0 saturated heterocycles. The van der Waals surface area contributed by atoms with Crippen LogP contribution in [0.2, 0.25) is 5.02 Å². The molecule has 1 atom stereocenters. The molecule has 158 valence electrons. The number of rotatable bonds is 5. The van der Waals surface area contributed by atoms with Crippen LogP contribution in [-0.2, 0) is 18.3 Å². The van der Waals surface area contributed by atoms with Gasteiger partial charge in [0.1, 0.15) is 0 Å². The number of hydrogen-bond donors (Lipinski definition) is 0. The van der Waals surface area contributed by atoms with Gasteiger partial charge >= 0.3 is 5.69 Å². The number of aryl methyl sites for hydroxylation is 1. The highest BCUT2D eigenvalue weighted by molar-refractivity contribution is 6.31. The Balaban J connectivity index is 1.96. The van der Waals surface area contributed by atoms with Gasteiger partial charge in [0.05, 0.1) is 31.4 Å². The Hall–Kier alpha value is -2.91. The molecule has 0 fully saturated rings. The maximum Gasteiger partial charge on any atom is 0.332 e. The largest absolute Gasteiger partial charge is 0.383 e. The minimum atomic E-state index is -0.448. The standard InChI is InChI=1S/C20H23ClN6O3/c1-12-13(2)27-16-17(22-19(27)26(23-12)9-10-30-4)24(3)20(29)25(18(16)28)11-14-7-5-6-8-15(14)21/h5-8,13H,9-11H2,1-4H3/t13-/m1/s1. The van der Waals surface area contributed by atoms with Crippen molar-refractivity contribution in [3.8, 4) is 0 Å². The summed E-state index contributed by atoms with van der Waals surface area (Å²) < 4.78 is 9.62. The molecule has 1 aliphatic rings. The zero-order valence-corrected chi connectivity index (χ0v) is 18.0. The predicted octanol–water partition coefficient (Wildman–Crippen LogP) is 2.00. The van der Waals surface area contributed by atoms with Crippen LogP contribution in [0.1, 0.15) is 25.5 Å². The van der Waals surface area contributed by atoms with Crippen molar-refractivity contribution in [1.29, 1.82) is 0 Å². The molecule has 0 bridgehead atoms. The molecule has 30 heavy (non-hydrogen) atoms. The highest BCUT2D eigenvalue weighted by Crippen LogP contribution is 2.29. The van der Waals surface area contributed by atoms with Crippen LogP contribution in [0.4, 0.5) is 5.95 Å². The smallest absolute Gasteiger partial charge is 0.332 e. The first-order valence-electron chi connectivity index (χ1n) is 9.62. The van der Waals surface area contributed by atoms with E-state index in [-0.39, 0.29) is 12.6 Å². The van der Waals surface area contributed by atoms with E-state index in [1.165, 1.54) is 9.13 Å². The lowest BCUT2D eigenvalue weighted by atomic mass is 10.2. The van der Waals surface area contributed by atoms with Gasteiger partial charge in [-0.25, -0.2) is 9.80 Å². The number of benzene rings is 1. The van der Waals surface area contributed by atoms with Crippen LogP contribution >= 0.6 is 11.6 Å². The van der Waals surface area contributed by atoms with Gasteiger partial charge in [0, 0.05) is 19.2 Å². The van der Waals surface area contributed by atoms with Crippen molar-refractivity contribution in [2.45, 2.75) is 26.4 Å². The third kappa shape index (κ3) is 3.14. The number of nitrogens with zero attached hydrogens (tertiary/aromatic N) is 6. The first kappa shape index (κ1) is 20.4. The molecule has 1 aliphatic heterocycles. The third-order valence-corrected chi connectivity index (χ3v) is 5.82. The van der Waals surface area contributed by atoms with Crippen molar-refractivity contribution in [3.05, 3.63) is 55.7 Å². The zero-order valence-electron chi connectivity index (χ0n) is 17.3. The van der Waals surface area contributed by atoms with Crippen LogP contribution < -0.4 is 16.3 Å². The van der Waals surface area contributed by atoms with Crippen molar-refractivity contribution in [3.63, 3.8) is 0 Å². The molecule has 0 amide bonds.